The first kappa shape index (κ1) is 15.3. The van der Waals surface area contributed by atoms with E-state index in [-0.39, 0.29) is 0 Å². The van der Waals surface area contributed by atoms with Crippen LogP contribution in [0.1, 0.15) is 24.8 Å². The smallest absolute Gasteiger partial charge is 0.224 e. The molecular formula is C18H27N3O. The molecule has 2 saturated heterocycles. The molecule has 0 radical (unpaired) electrons. The van der Waals surface area contributed by atoms with E-state index in [4.69, 9.17) is 0 Å². The molecule has 2 atom stereocenters. The number of para-hydroxylation sites is 1. The van der Waals surface area contributed by atoms with Gasteiger partial charge in [0.1, 0.15) is 0 Å². The average Bonchev–Trinajstić information content (AvgIpc) is 2.87. The third-order valence-electron chi connectivity index (χ3n) is 5.17. The Balaban J connectivity index is 1.45. The molecule has 3 rings (SSSR count). The highest BCUT2D eigenvalue weighted by Crippen LogP contribution is 2.27. The van der Waals surface area contributed by atoms with Crippen LogP contribution in [0, 0.1) is 18.8 Å². The summed E-state index contributed by atoms with van der Waals surface area (Å²) < 4.78 is 0. The molecule has 1 aromatic rings. The van der Waals surface area contributed by atoms with Crippen LogP contribution in [0.3, 0.4) is 0 Å². The maximum Gasteiger partial charge on any atom is 0.224 e. The summed E-state index contributed by atoms with van der Waals surface area (Å²) in [6.45, 7) is 6.96. The van der Waals surface area contributed by atoms with Gasteiger partial charge in [-0.2, -0.15) is 0 Å². The Kier molecular flexibility index (Phi) is 4.98. The van der Waals surface area contributed by atoms with Crippen LogP contribution < -0.4 is 10.6 Å². The average molecular weight is 301 g/mol. The third kappa shape index (κ3) is 3.61. The molecular weight excluding hydrogens is 274 g/mol. The number of rotatable bonds is 4. The molecule has 2 aliphatic rings. The highest BCUT2D eigenvalue weighted by Gasteiger charge is 2.31. The molecule has 4 nitrogen and oxygen atoms in total. The lowest BCUT2D eigenvalue weighted by Crippen LogP contribution is -2.33. The van der Waals surface area contributed by atoms with E-state index in [1.165, 1.54) is 5.56 Å². The topological polar surface area (TPSA) is 44.4 Å². The van der Waals surface area contributed by atoms with Gasteiger partial charge in [0.25, 0.3) is 0 Å². The largest absolute Gasteiger partial charge is 0.384 e. The van der Waals surface area contributed by atoms with Crippen LogP contribution in [0.4, 0.5) is 5.69 Å². The van der Waals surface area contributed by atoms with Crippen molar-refractivity contribution < 1.29 is 4.79 Å². The molecule has 2 heterocycles. The van der Waals surface area contributed by atoms with Crippen LogP contribution in [-0.4, -0.2) is 43.5 Å². The molecule has 0 saturated carbocycles. The van der Waals surface area contributed by atoms with Crippen LogP contribution in [0.5, 0.6) is 0 Å². The Labute approximate surface area is 133 Å². The quantitative estimate of drug-likeness (QED) is 0.896. The van der Waals surface area contributed by atoms with Gasteiger partial charge in [-0.05, 0) is 56.3 Å². The summed E-state index contributed by atoms with van der Waals surface area (Å²) in [5.41, 5.74) is 2.36. The SMILES string of the molecule is Cc1ccccc1NCCC(=O)N1CC[C@@H]2CNC[C@@H]2CC1. The molecule has 120 valence electrons. The highest BCUT2D eigenvalue weighted by molar-refractivity contribution is 5.76. The lowest BCUT2D eigenvalue weighted by Gasteiger charge is -2.21. The van der Waals surface area contributed by atoms with E-state index < -0.39 is 0 Å². The number of nitrogens with zero attached hydrogens (tertiary/aromatic N) is 1. The monoisotopic (exact) mass is 301 g/mol. The zero-order valence-electron chi connectivity index (χ0n) is 13.5. The molecule has 0 aromatic heterocycles. The zero-order valence-corrected chi connectivity index (χ0v) is 13.5. The van der Waals surface area contributed by atoms with Gasteiger partial charge in [0.2, 0.25) is 5.91 Å². The third-order valence-corrected chi connectivity index (χ3v) is 5.17. The van der Waals surface area contributed by atoms with Gasteiger partial charge in [0, 0.05) is 31.7 Å². The van der Waals surface area contributed by atoms with Crippen molar-refractivity contribution in [3.8, 4) is 0 Å². The van der Waals surface area contributed by atoms with Crippen molar-refractivity contribution in [3.63, 3.8) is 0 Å². The second-order valence-corrected chi connectivity index (χ2v) is 6.63. The van der Waals surface area contributed by atoms with E-state index in [1.54, 1.807) is 0 Å². The molecule has 1 aromatic carbocycles. The molecule has 4 heteroatoms. The zero-order chi connectivity index (χ0) is 15.4. The molecule has 2 aliphatic heterocycles. The number of hydrogen-bond acceptors (Lipinski definition) is 3. The van der Waals surface area contributed by atoms with Crippen molar-refractivity contribution in [2.24, 2.45) is 11.8 Å². The number of likely N-dealkylation sites (tertiary alicyclic amines) is 1. The Bertz CT molecular complexity index is 503. The highest BCUT2D eigenvalue weighted by atomic mass is 16.2. The first-order valence-corrected chi connectivity index (χ1v) is 8.52. The Morgan fingerprint density at radius 2 is 1.91 bits per heavy atom. The molecule has 0 unspecified atom stereocenters. The molecule has 2 N–H and O–H groups in total. The predicted octanol–water partition coefficient (Wildman–Crippen LogP) is 2.26. The number of carbonyl (C=O) groups is 1. The number of fused-ring (bicyclic) bond motifs is 1. The van der Waals surface area contributed by atoms with Crippen molar-refractivity contribution in [1.82, 2.24) is 10.2 Å². The number of aryl methyl sites for hydroxylation is 1. The molecule has 2 fully saturated rings. The van der Waals surface area contributed by atoms with Gasteiger partial charge < -0.3 is 15.5 Å². The van der Waals surface area contributed by atoms with Gasteiger partial charge >= 0.3 is 0 Å². The van der Waals surface area contributed by atoms with Crippen molar-refractivity contribution in [3.05, 3.63) is 29.8 Å². The van der Waals surface area contributed by atoms with Gasteiger partial charge in [-0.1, -0.05) is 18.2 Å². The Morgan fingerprint density at radius 1 is 1.23 bits per heavy atom. The van der Waals surface area contributed by atoms with Crippen molar-refractivity contribution in [1.29, 1.82) is 0 Å². The maximum atomic E-state index is 12.4. The fraction of sp³-hybridized carbons (Fsp3) is 0.611. The van der Waals surface area contributed by atoms with E-state index in [1.807, 2.05) is 12.1 Å². The number of hydrogen-bond donors (Lipinski definition) is 2. The lowest BCUT2D eigenvalue weighted by atomic mass is 9.92. The molecule has 0 spiro atoms. The van der Waals surface area contributed by atoms with E-state index >= 15 is 0 Å². The van der Waals surface area contributed by atoms with Gasteiger partial charge in [0.15, 0.2) is 0 Å². The molecule has 0 aliphatic carbocycles. The molecule has 1 amide bonds. The number of benzene rings is 1. The molecule has 0 bridgehead atoms. The summed E-state index contributed by atoms with van der Waals surface area (Å²) in [5.74, 6) is 1.86. The first-order chi connectivity index (χ1) is 10.7. The summed E-state index contributed by atoms with van der Waals surface area (Å²) in [5, 5.41) is 6.86. The predicted molar refractivity (Wildman–Crippen MR) is 89.9 cm³/mol. The van der Waals surface area contributed by atoms with Gasteiger partial charge in [-0.3, -0.25) is 4.79 Å². The fourth-order valence-corrected chi connectivity index (χ4v) is 3.70. The van der Waals surface area contributed by atoms with E-state index in [0.717, 1.165) is 56.5 Å². The summed E-state index contributed by atoms with van der Waals surface area (Å²) >= 11 is 0. The van der Waals surface area contributed by atoms with E-state index in [0.29, 0.717) is 18.9 Å². The number of anilines is 1. The van der Waals surface area contributed by atoms with E-state index in [2.05, 4.69) is 34.6 Å². The second kappa shape index (κ2) is 7.14. The van der Waals surface area contributed by atoms with Gasteiger partial charge in [-0.15, -0.1) is 0 Å². The summed E-state index contributed by atoms with van der Waals surface area (Å²) in [6, 6.07) is 8.22. The standard InChI is InChI=1S/C18H27N3O/c1-14-4-2-3-5-17(14)20-9-6-18(22)21-10-7-15-12-19-13-16(15)8-11-21/h2-5,15-16,19-20H,6-13H2,1H3/t15-,16+. The van der Waals surface area contributed by atoms with Crippen LogP contribution in [-0.2, 0) is 4.79 Å². The Morgan fingerprint density at radius 3 is 2.59 bits per heavy atom. The van der Waals surface area contributed by atoms with Gasteiger partial charge in [-0.25, -0.2) is 0 Å². The number of nitrogens with one attached hydrogen (secondary N) is 2. The number of amides is 1. The summed E-state index contributed by atoms with van der Waals surface area (Å²) in [7, 11) is 0. The second-order valence-electron chi connectivity index (χ2n) is 6.63. The van der Waals surface area contributed by atoms with Crippen molar-refractivity contribution in [2.45, 2.75) is 26.2 Å². The minimum Gasteiger partial charge on any atom is -0.384 e. The van der Waals surface area contributed by atoms with Crippen molar-refractivity contribution in [2.75, 3.05) is 38.0 Å². The van der Waals surface area contributed by atoms with Crippen LogP contribution in [0.25, 0.3) is 0 Å². The van der Waals surface area contributed by atoms with Crippen LogP contribution >= 0.6 is 0 Å². The summed E-state index contributed by atoms with van der Waals surface area (Å²) in [6.07, 6.45) is 2.91. The Hall–Kier alpha value is -1.55. The first-order valence-electron chi connectivity index (χ1n) is 8.52. The lowest BCUT2D eigenvalue weighted by molar-refractivity contribution is -0.130. The van der Waals surface area contributed by atoms with Crippen LogP contribution in [0.2, 0.25) is 0 Å². The fourth-order valence-electron chi connectivity index (χ4n) is 3.70. The van der Waals surface area contributed by atoms with Crippen LogP contribution in [0.15, 0.2) is 24.3 Å². The normalized spacial score (nSPS) is 24.7. The minimum absolute atomic E-state index is 0.300. The minimum atomic E-state index is 0.300. The number of carbonyl (C=O) groups excluding carboxylic acids is 1. The van der Waals surface area contributed by atoms with Crippen molar-refractivity contribution >= 4 is 11.6 Å². The summed E-state index contributed by atoms with van der Waals surface area (Å²) in [4.78, 5) is 14.5. The van der Waals surface area contributed by atoms with E-state index in [9.17, 15) is 4.79 Å². The molecule has 22 heavy (non-hydrogen) atoms. The maximum absolute atomic E-state index is 12.4. The van der Waals surface area contributed by atoms with Gasteiger partial charge in [0.05, 0.1) is 0 Å².